The Kier molecular flexibility index (Phi) is 4.52. The fourth-order valence-electron chi connectivity index (χ4n) is 1.70. The Morgan fingerprint density at radius 2 is 2.05 bits per heavy atom. The van der Waals surface area contributed by atoms with Gasteiger partial charge in [-0.05, 0) is 35.8 Å². The minimum Gasteiger partial charge on any atom is -0.372 e. The molecule has 0 saturated carbocycles. The van der Waals surface area contributed by atoms with Gasteiger partial charge in [0.05, 0.1) is 11.9 Å². The smallest absolute Gasteiger partial charge is 0.265 e. The van der Waals surface area contributed by atoms with Crippen LogP contribution < -0.4 is 10.0 Å². The molecule has 2 aromatic heterocycles. The molecule has 0 unspecified atom stereocenters. The zero-order chi connectivity index (χ0) is 15.6. The van der Waals surface area contributed by atoms with Crippen LogP contribution in [0.5, 0.6) is 0 Å². The van der Waals surface area contributed by atoms with Gasteiger partial charge in [0.2, 0.25) is 0 Å². The molecule has 0 amide bonds. The summed E-state index contributed by atoms with van der Waals surface area (Å²) >= 11 is 3.23. The van der Waals surface area contributed by atoms with Crippen LogP contribution in [0, 0.1) is 0 Å². The van der Waals surface area contributed by atoms with Gasteiger partial charge in [-0.1, -0.05) is 0 Å². The van der Waals surface area contributed by atoms with E-state index < -0.39 is 10.0 Å². The van der Waals surface area contributed by atoms with Crippen molar-refractivity contribution in [2.45, 2.75) is 24.8 Å². The molecule has 2 heterocycles. The van der Waals surface area contributed by atoms with E-state index in [1.807, 2.05) is 13.8 Å². The predicted molar refractivity (Wildman–Crippen MR) is 84.9 cm³/mol. The highest BCUT2D eigenvalue weighted by atomic mass is 79.9. The van der Waals surface area contributed by atoms with Crippen LogP contribution in [-0.4, -0.2) is 30.2 Å². The summed E-state index contributed by atoms with van der Waals surface area (Å²) in [5.74, 6) is 0.280. The van der Waals surface area contributed by atoms with E-state index in [0.717, 1.165) is 0 Å². The number of nitrogens with zero attached hydrogens (tertiary/aromatic N) is 3. The lowest BCUT2D eigenvalue weighted by atomic mass is 10.4. The van der Waals surface area contributed by atoms with E-state index in [9.17, 15) is 8.42 Å². The summed E-state index contributed by atoms with van der Waals surface area (Å²) in [6, 6.07) is 1.65. The third kappa shape index (κ3) is 3.53. The van der Waals surface area contributed by atoms with Crippen LogP contribution >= 0.6 is 15.9 Å². The summed E-state index contributed by atoms with van der Waals surface area (Å²) in [7, 11) is -2.13. The SMILES string of the molecule is CNc1ncc(Br)cc1S(=O)(=O)Nc1cnn(C(C)C)c1. The number of pyridine rings is 1. The molecule has 0 radical (unpaired) electrons. The average molecular weight is 374 g/mol. The number of sulfonamides is 1. The summed E-state index contributed by atoms with van der Waals surface area (Å²) in [5, 5.41) is 6.87. The molecule has 2 aromatic rings. The summed E-state index contributed by atoms with van der Waals surface area (Å²) in [5.41, 5.74) is 0.408. The summed E-state index contributed by atoms with van der Waals surface area (Å²) in [4.78, 5) is 4.11. The van der Waals surface area contributed by atoms with Crippen LogP contribution in [0.3, 0.4) is 0 Å². The molecule has 2 N–H and O–H groups in total. The highest BCUT2D eigenvalue weighted by Gasteiger charge is 2.20. The van der Waals surface area contributed by atoms with Gasteiger partial charge in [-0.25, -0.2) is 13.4 Å². The first kappa shape index (κ1) is 15.8. The maximum atomic E-state index is 12.5. The Hall–Kier alpha value is -1.61. The molecule has 114 valence electrons. The normalized spacial score (nSPS) is 11.7. The highest BCUT2D eigenvalue weighted by Crippen LogP contribution is 2.25. The molecule has 9 heteroatoms. The number of rotatable bonds is 5. The molecule has 21 heavy (non-hydrogen) atoms. The summed E-state index contributed by atoms with van der Waals surface area (Å²) < 4.78 is 29.7. The van der Waals surface area contributed by atoms with Crippen LogP contribution in [0.2, 0.25) is 0 Å². The molecule has 0 aliphatic carbocycles. The number of anilines is 2. The van der Waals surface area contributed by atoms with Crippen molar-refractivity contribution in [2.24, 2.45) is 0 Å². The van der Waals surface area contributed by atoms with Gasteiger partial charge in [-0.3, -0.25) is 9.40 Å². The molecular formula is C12H16BrN5O2S. The number of halogens is 1. The fraction of sp³-hybridized carbons (Fsp3) is 0.333. The van der Waals surface area contributed by atoms with Gasteiger partial charge in [0.1, 0.15) is 10.7 Å². The fourth-order valence-corrected chi connectivity index (χ4v) is 3.40. The Morgan fingerprint density at radius 3 is 2.62 bits per heavy atom. The van der Waals surface area contributed by atoms with Gasteiger partial charge in [0, 0.05) is 30.0 Å². The van der Waals surface area contributed by atoms with Crippen LogP contribution in [0.15, 0.2) is 34.0 Å². The van der Waals surface area contributed by atoms with E-state index in [2.05, 4.69) is 36.1 Å². The molecule has 0 aliphatic rings. The number of nitrogens with one attached hydrogen (secondary N) is 2. The predicted octanol–water partition coefficient (Wildman–Crippen LogP) is 2.46. The lowest BCUT2D eigenvalue weighted by molar-refractivity contribution is 0.532. The molecule has 0 aromatic carbocycles. The molecule has 0 aliphatic heterocycles. The molecule has 0 spiro atoms. The van der Waals surface area contributed by atoms with Gasteiger partial charge in [0.15, 0.2) is 0 Å². The highest BCUT2D eigenvalue weighted by molar-refractivity contribution is 9.10. The van der Waals surface area contributed by atoms with Crippen molar-refractivity contribution in [1.82, 2.24) is 14.8 Å². The van der Waals surface area contributed by atoms with Crippen LogP contribution in [0.1, 0.15) is 19.9 Å². The second kappa shape index (κ2) is 6.02. The van der Waals surface area contributed by atoms with Crippen molar-refractivity contribution in [3.8, 4) is 0 Å². The van der Waals surface area contributed by atoms with Crippen LogP contribution in [-0.2, 0) is 10.0 Å². The van der Waals surface area contributed by atoms with E-state index in [-0.39, 0.29) is 16.8 Å². The lowest BCUT2D eigenvalue weighted by Gasteiger charge is -2.10. The second-order valence-corrected chi connectivity index (χ2v) is 7.23. The molecule has 0 fully saturated rings. The average Bonchev–Trinajstić information content (AvgIpc) is 2.86. The Balaban J connectivity index is 2.35. The quantitative estimate of drug-likeness (QED) is 0.839. The molecular weight excluding hydrogens is 358 g/mol. The first-order valence-electron chi connectivity index (χ1n) is 6.24. The maximum absolute atomic E-state index is 12.5. The number of aromatic nitrogens is 3. The zero-order valence-electron chi connectivity index (χ0n) is 11.8. The third-order valence-corrected chi connectivity index (χ3v) is 4.56. The monoisotopic (exact) mass is 373 g/mol. The number of hydrogen-bond donors (Lipinski definition) is 2. The van der Waals surface area contributed by atoms with Crippen molar-refractivity contribution in [2.75, 3.05) is 17.1 Å². The van der Waals surface area contributed by atoms with E-state index in [0.29, 0.717) is 10.2 Å². The van der Waals surface area contributed by atoms with E-state index in [1.165, 1.54) is 18.5 Å². The summed E-state index contributed by atoms with van der Waals surface area (Å²) in [6.07, 6.45) is 4.65. The zero-order valence-corrected chi connectivity index (χ0v) is 14.2. The van der Waals surface area contributed by atoms with E-state index >= 15 is 0 Å². The van der Waals surface area contributed by atoms with E-state index in [4.69, 9.17) is 0 Å². The van der Waals surface area contributed by atoms with Gasteiger partial charge in [0.25, 0.3) is 10.0 Å². The molecule has 0 bridgehead atoms. The number of hydrogen-bond acceptors (Lipinski definition) is 5. The second-order valence-electron chi connectivity index (χ2n) is 4.66. The Bertz CT molecular complexity index is 742. The van der Waals surface area contributed by atoms with Crippen molar-refractivity contribution in [1.29, 1.82) is 0 Å². The molecule has 7 nitrogen and oxygen atoms in total. The van der Waals surface area contributed by atoms with Crippen LogP contribution in [0.4, 0.5) is 11.5 Å². The van der Waals surface area contributed by atoms with Crippen molar-refractivity contribution < 1.29 is 8.42 Å². The standard InChI is InChI=1S/C12H16BrN5O2S/c1-8(2)18-7-10(6-16-18)17-21(19,20)11-4-9(13)5-15-12(11)14-3/h4-8,17H,1-3H3,(H,14,15). The van der Waals surface area contributed by atoms with E-state index in [1.54, 1.807) is 17.9 Å². The molecule has 2 rings (SSSR count). The van der Waals surface area contributed by atoms with Crippen molar-refractivity contribution in [3.05, 3.63) is 29.1 Å². The van der Waals surface area contributed by atoms with Crippen LogP contribution in [0.25, 0.3) is 0 Å². The largest absolute Gasteiger partial charge is 0.372 e. The Morgan fingerprint density at radius 1 is 1.33 bits per heavy atom. The van der Waals surface area contributed by atoms with Gasteiger partial charge in [-0.15, -0.1) is 0 Å². The van der Waals surface area contributed by atoms with Gasteiger partial charge >= 0.3 is 0 Å². The minimum atomic E-state index is -3.75. The Labute approximate surface area is 132 Å². The van der Waals surface area contributed by atoms with Crippen molar-refractivity contribution >= 4 is 37.5 Å². The minimum absolute atomic E-state index is 0.0664. The molecule has 0 atom stereocenters. The lowest BCUT2D eigenvalue weighted by Crippen LogP contribution is -2.15. The maximum Gasteiger partial charge on any atom is 0.265 e. The first-order chi connectivity index (χ1) is 9.83. The molecule has 0 saturated heterocycles. The van der Waals surface area contributed by atoms with Gasteiger partial charge in [-0.2, -0.15) is 5.10 Å². The van der Waals surface area contributed by atoms with Gasteiger partial charge < -0.3 is 5.32 Å². The summed E-state index contributed by atoms with van der Waals surface area (Å²) in [6.45, 7) is 3.92. The first-order valence-corrected chi connectivity index (χ1v) is 8.51. The van der Waals surface area contributed by atoms with Crippen molar-refractivity contribution in [3.63, 3.8) is 0 Å². The third-order valence-electron chi connectivity index (χ3n) is 2.73. The topological polar surface area (TPSA) is 88.9 Å².